The topological polar surface area (TPSA) is 50.1 Å². The van der Waals surface area contributed by atoms with Gasteiger partial charge in [0.1, 0.15) is 0 Å². The van der Waals surface area contributed by atoms with Crippen molar-refractivity contribution in [3.8, 4) is 0 Å². The zero-order valence-electron chi connectivity index (χ0n) is 9.00. The highest BCUT2D eigenvalue weighted by atomic mass is 15.0. The van der Waals surface area contributed by atoms with Gasteiger partial charge < -0.3 is 16.4 Å². The predicted octanol–water partition coefficient (Wildman–Crippen LogP) is 1.11. The third kappa shape index (κ3) is 2.94. The lowest BCUT2D eigenvalue weighted by molar-refractivity contribution is 0.386. The number of anilines is 1. The number of piperidine rings is 1. The Labute approximate surface area is 91.1 Å². The fraction of sp³-hybridized carbons (Fsp3) is 0.500. The van der Waals surface area contributed by atoms with Gasteiger partial charge in [0, 0.05) is 18.3 Å². The molecule has 0 amide bonds. The lowest BCUT2D eigenvalue weighted by atomic mass is 10.1. The van der Waals surface area contributed by atoms with Gasteiger partial charge in [0.15, 0.2) is 0 Å². The average Bonchev–Trinajstić information content (AvgIpc) is 2.29. The van der Waals surface area contributed by atoms with Crippen LogP contribution < -0.4 is 16.4 Å². The van der Waals surface area contributed by atoms with Gasteiger partial charge in [0.2, 0.25) is 0 Å². The van der Waals surface area contributed by atoms with E-state index in [1.165, 1.54) is 18.4 Å². The smallest absolute Gasteiger partial charge is 0.0359 e. The van der Waals surface area contributed by atoms with Gasteiger partial charge in [-0.25, -0.2) is 0 Å². The molecule has 1 saturated heterocycles. The van der Waals surface area contributed by atoms with E-state index in [0.29, 0.717) is 6.04 Å². The minimum absolute atomic E-state index is 0.644. The molecule has 2 rings (SSSR count). The maximum atomic E-state index is 5.88. The van der Waals surface area contributed by atoms with Gasteiger partial charge in [-0.15, -0.1) is 0 Å². The maximum absolute atomic E-state index is 5.88. The standard InChI is InChI=1S/C12H19N3/c13-12-4-2-1-3-10(12)9-15-11-5-7-14-8-6-11/h1-4,11,14-15H,5-9,13H2. The van der Waals surface area contributed by atoms with Gasteiger partial charge in [-0.2, -0.15) is 0 Å². The Morgan fingerprint density at radius 3 is 2.73 bits per heavy atom. The molecular weight excluding hydrogens is 186 g/mol. The van der Waals surface area contributed by atoms with Crippen LogP contribution in [-0.2, 0) is 6.54 Å². The Morgan fingerprint density at radius 1 is 1.27 bits per heavy atom. The first kappa shape index (κ1) is 10.5. The van der Waals surface area contributed by atoms with Crippen LogP contribution in [0.2, 0.25) is 0 Å². The maximum Gasteiger partial charge on any atom is 0.0359 e. The van der Waals surface area contributed by atoms with Crippen molar-refractivity contribution >= 4 is 5.69 Å². The molecule has 3 heteroatoms. The number of hydrogen-bond acceptors (Lipinski definition) is 3. The second-order valence-electron chi connectivity index (χ2n) is 4.10. The Hall–Kier alpha value is -1.06. The lowest BCUT2D eigenvalue weighted by Gasteiger charge is -2.24. The molecule has 0 aliphatic carbocycles. The molecular formula is C12H19N3. The number of nitrogens with one attached hydrogen (secondary N) is 2. The fourth-order valence-electron chi connectivity index (χ4n) is 1.98. The van der Waals surface area contributed by atoms with Gasteiger partial charge in [0.05, 0.1) is 0 Å². The number of nitrogens with two attached hydrogens (primary N) is 1. The summed E-state index contributed by atoms with van der Waals surface area (Å²) in [6.45, 7) is 3.14. The molecule has 4 N–H and O–H groups in total. The highest BCUT2D eigenvalue weighted by Crippen LogP contribution is 2.11. The molecule has 0 atom stereocenters. The molecule has 1 aliphatic rings. The highest BCUT2D eigenvalue weighted by molar-refractivity contribution is 5.46. The zero-order chi connectivity index (χ0) is 10.5. The van der Waals surface area contributed by atoms with E-state index in [4.69, 9.17) is 5.73 Å². The molecule has 0 unspecified atom stereocenters. The third-order valence-corrected chi connectivity index (χ3v) is 2.98. The Bertz CT molecular complexity index is 305. The molecule has 0 saturated carbocycles. The molecule has 1 heterocycles. The number of rotatable bonds is 3. The van der Waals surface area contributed by atoms with Crippen LogP contribution in [0.1, 0.15) is 18.4 Å². The van der Waals surface area contributed by atoms with Crippen molar-refractivity contribution in [3.05, 3.63) is 29.8 Å². The van der Waals surface area contributed by atoms with E-state index < -0.39 is 0 Å². The minimum atomic E-state index is 0.644. The van der Waals surface area contributed by atoms with E-state index >= 15 is 0 Å². The monoisotopic (exact) mass is 205 g/mol. The van der Waals surface area contributed by atoms with Gasteiger partial charge >= 0.3 is 0 Å². The molecule has 1 aliphatic heterocycles. The van der Waals surface area contributed by atoms with Crippen LogP contribution in [0, 0.1) is 0 Å². The van der Waals surface area contributed by atoms with Crippen molar-refractivity contribution in [2.45, 2.75) is 25.4 Å². The summed E-state index contributed by atoms with van der Waals surface area (Å²) in [5.74, 6) is 0. The van der Waals surface area contributed by atoms with Crippen molar-refractivity contribution in [2.24, 2.45) is 0 Å². The molecule has 0 aromatic heterocycles. The quantitative estimate of drug-likeness (QED) is 0.648. The molecule has 82 valence electrons. The second-order valence-corrected chi connectivity index (χ2v) is 4.10. The van der Waals surface area contributed by atoms with Gasteiger partial charge in [-0.1, -0.05) is 18.2 Å². The first-order chi connectivity index (χ1) is 7.36. The molecule has 15 heavy (non-hydrogen) atoms. The predicted molar refractivity (Wildman–Crippen MR) is 63.6 cm³/mol. The van der Waals surface area contributed by atoms with E-state index in [1.807, 2.05) is 18.2 Å². The summed E-state index contributed by atoms with van der Waals surface area (Å²) in [4.78, 5) is 0. The van der Waals surface area contributed by atoms with Gasteiger partial charge in [-0.05, 0) is 37.6 Å². The second kappa shape index (κ2) is 5.14. The Balaban J connectivity index is 1.84. The first-order valence-corrected chi connectivity index (χ1v) is 5.64. The van der Waals surface area contributed by atoms with E-state index in [-0.39, 0.29) is 0 Å². The van der Waals surface area contributed by atoms with Crippen LogP contribution in [0.15, 0.2) is 24.3 Å². The number of hydrogen-bond donors (Lipinski definition) is 3. The summed E-state index contributed by atoms with van der Waals surface area (Å²) < 4.78 is 0. The van der Waals surface area contributed by atoms with Crippen LogP contribution >= 0.6 is 0 Å². The SMILES string of the molecule is Nc1ccccc1CNC1CCNCC1. The Morgan fingerprint density at radius 2 is 2.00 bits per heavy atom. The van der Waals surface area contributed by atoms with Crippen LogP contribution in [0.25, 0.3) is 0 Å². The van der Waals surface area contributed by atoms with Crippen LogP contribution in [0.4, 0.5) is 5.69 Å². The largest absolute Gasteiger partial charge is 0.398 e. The summed E-state index contributed by atoms with van der Waals surface area (Å²) in [5.41, 5.74) is 7.98. The third-order valence-electron chi connectivity index (χ3n) is 2.98. The highest BCUT2D eigenvalue weighted by Gasteiger charge is 2.11. The molecule has 1 aromatic rings. The van der Waals surface area contributed by atoms with Crippen molar-refractivity contribution < 1.29 is 0 Å². The summed E-state index contributed by atoms with van der Waals surface area (Å²) in [5, 5.41) is 6.92. The van der Waals surface area contributed by atoms with Crippen LogP contribution in [-0.4, -0.2) is 19.1 Å². The first-order valence-electron chi connectivity index (χ1n) is 5.64. The normalized spacial score (nSPS) is 17.9. The summed E-state index contributed by atoms with van der Waals surface area (Å²) >= 11 is 0. The molecule has 1 fully saturated rings. The summed E-state index contributed by atoms with van der Waals surface area (Å²) in [6.07, 6.45) is 2.43. The minimum Gasteiger partial charge on any atom is -0.398 e. The van der Waals surface area contributed by atoms with Crippen molar-refractivity contribution in [2.75, 3.05) is 18.8 Å². The summed E-state index contributed by atoms with van der Waals surface area (Å²) in [7, 11) is 0. The van der Waals surface area contributed by atoms with E-state index in [0.717, 1.165) is 25.3 Å². The number of nitrogen functional groups attached to an aromatic ring is 1. The van der Waals surface area contributed by atoms with Crippen LogP contribution in [0.5, 0.6) is 0 Å². The van der Waals surface area contributed by atoms with E-state index in [2.05, 4.69) is 16.7 Å². The number of para-hydroxylation sites is 1. The molecule has 0 radical (unpaired) electrons. The van der Waals surface area contributed by atoms with Crippen molar-refractivity contribution in [3.63, 3.8) is 0 Å². The van der Waals surface area contributed by atoms with Crippen LogP contribution in [0.3, 0.4) is 0 Å². The van der Waals surface area contributed by atoms with E-state index in [9.17, 15) is 0 Å². The van der Waals surface area contributed by atoms with E-state index in [1.54, 1.807) is 0 Å². The zero-order valence-corrected chi connectivity index (χ0v) is 9.00. The van der Waals surface area contributed by atoms with Gasteiger partial charge in [0.25, 0.3) is 0 Å². The molecule has 0 bridgehead atoms. The number of benzene rings is 1. The molecule has 1 aromatic carbocycles. The fourth-order valence-corrected chi connectivity index (χ4v) is 1.98. The average molecular weight is 205 g/mol. The molecule has 3 nitrogen and oxygen atoms in total. The lowest BCUT2D eigenvalue weighted by Crippen LogP contribution is -2.39. The van der Waals surface area contributed by atoms with Crippen molar-refractivity contribution in [1.29, 1.82) is 0 Å². The molecule has 0 spiro atoms. The van der Waals surface area contributed by atoms with Gasteiger partial charge in [-0.3, -0.25) is 0 Å². The Kier molecular flexibility index (Phi) is 3.59. The van der Waals surface area contributed by atoms with Crippen molar-refractivity contribution in [1.82, 2.24) is 10.6 Å². The summed E-state index contributed by atoms with van der Waals surface area (Å²) in [6, 6.07) is 8.70.